The number of H-pyrrole nitrogens is 1. The van der Waals surface area contributed by atoms with Crippen LogP contribution < -0.4 is 5.32 Å². The van der Waals surface area contributed by atoms with Crippen LogP contribution in [0.15, 0.2) is 43.0 Å². The number of hydrogen-bond acceptors (Lipinski definition) is 5. The summed E-state index contributed by atoms with van der Waals surface area (Å²) < 4.78 is 6.44. The Kier molecular flexibility index (Phi) is 8.17. The third kappa shape index (κ3) is 5.26. The number of benzene rings is 1. The monoisotopic (exact) mass is 482 g/mol. The molecular formula is C27H38N4O2S. The van der Waals surface area contributed by atoms with Crippen LogP contribution >= 0.6 is 11.8 Å². The maximum atomic E-state index is 12.6. The minimum atomic E-state index is -0.131. The number of thioether (sulfide) groups is 1. The van der Waals surface area contributed by atoms with Crippen LogP contribution in [0.3, 0.4) is 0 Å². The Hall–Kier alpha value is -2.09. The number of carbonyl (C=O) groups excluding carboxylic acids is 1. The second-order valence-corrected chi connectivity index (χ2v) is 10.9. The fraction of sp³-hybridized carbons (Fsp3) is 0.556. The summed E-state index contributed by atoms with van der Waals surface area (Å²) in [6.45, 7) is 11.6. The zero-order chi connectivity index (χ0) is 24.1. The summed E-state index contributed by atoms with van der Waals surface area (Å²) in [4.78, 5) is 15.1. The number of rotatable bonds is 10. The van der Waals surface area contributed by atoms with E-state index in [1.54, 1.807) is 17.8 Å². The molecule has 1 aliphatic heterocycles. The number of nitrogens with one attached hydrogen (secondary N) is 2. The molecule has 4 rings (SSSR count). The molecule has 6 nitrogen and oxygen atoms in total. The lowest BCUT2D eigenvalue weighted by atomic mass is 9.71. The number of hydrogen-bond donors (Lipinski definition) is 2. The second-order valence-electron chi connectivity index (χ2n) is 10.0. The fourth-order valence-electron chi connectivity index (χ4n) is 5.70. The minimum absolute atomic E-state index is 0.0606. The molecule has 0 unspecified atom stereocenters. The standard InChI is InChI=1S/C27H38N4O2S/c1-5-14-33-26-25(28-24(32)18-34-4)22-8-6-7-9-23(22)27(26)10-12-31(13-11-27)17-21-16-20(29-30-21)15-19(2)3/h5-9,16,19,25-26H,1,10-15,17-18H2,2-4H3,(H,28,32)(H,29,30)/t25-,26+/m1/s1. The minimum Gasteiger partial charge on any atom is -0.371 e. The number of piperidine rings is 1. The zero-order valence-corrected chi connectivity index (χ0v) is 21.5. The molecule has 7 heteroatoms. The highest BCUT2D eigenvalue weighted by Crippen LogP contribution is 2.52. The third-order valence-corrected chi connectivity index (χ3v) is 7.66. The van der Waals surface area contributed by atoms with E-state index in [0.717, 1.165) is 44.6 Å². The maximum absolute atomic E-state index is 12.6. The van der Waals surface area contributed by atoms with E-state index in [9.17, 15) is 4.79 Å². The molecule has 0 radical (unpaired) electrons. The van der Waals surface area contributed by atoms with Gasteiger partial charge >= 0.3 is 0 Å². The smallest absolute Gasteiger partial charge is 0.230 e. The SMILES string of the molecule is C=CCO[C@H]1[C@H](NC(=O)CSC)c2ccccc2C12CCN(Cc1cc(CC(C)C)n[nH]1)CC2. The van der Waals surface area contributed by atoms with Gasteiger partial charge in [-0.3, -0.25) is 14.8 Å². The predicted molar refractivity (Wildman–Crippen MR) is 139 cm³/mol. The van der Waals surface area contributed by atoms with Gasteiger partial charge in [-0.25, -0.2) is 0 Å². The van der Waals surface area contributed by atoms with Gasteiger partial charge in [0.05, 0.1) is 30.2 Å². The molecule has 1 aromatic heterocycles. The van der Waals surface area contributed by atoms with Crippen molar-refractivity contribution in [1.29, 1.82) is 0 Å². The van der Waals surface area contributed by atoms with Crippen LogP contribution in [0.4, 0.5) is 0 Å². The highest BCUT2D eigenvalue weighted by atomic mass is 32.2. The molecule has 184 valence electrons. The van der Waals surface area contributed by atoms with Crippen LogP contribution in [-0.2, 0) is 27.9 Å². The molecule has 34 heavy (non-hydrogen) atoms. The zero-order valence-electron chi connectivity index (χ0n) is 20.7. The van der Waals surface area contributed by atoms with Gasteiger partial charge in [0.25, 0.3) is 0 Å². The number of aromatic nitrogens is 2. The number of likely N-dealkylation sites (tertiary alicyclic amines) is 1. The van der Waals surface area contributed by atoms with Crippen molar-refractivity contribution in [2.24, 2.45) is 5.92 Å². The summed E-state index contributed by atoms with van der Waals surface area (Å²) in [5.41, 5.74) is 4.75. The predicted octanol–water partition coefficient (Wildman–Crippen LogP) is 4.25. The van der Waals surface area contributed by atoms with Crippen LogP contribution in [0.25, 0.3) is 0 Å². The number of amides is 1. The molecular weight excluding hydrogens is 444 g/mol. The van der Waals surface area contributed by atoms with Crippen molar-refractivity contribution in [3.63, 3.8) is 0 Å². The van der Waals surface area contributed by atoms with Crippen molar-refractivity contribution >= 4 is 17.7 Å². The van der Waals surface area contributed by atoms with Crippen LogP contribution in [0, 0.1) is 5.92 Å². The average molecular weight is 483 g/mol. The van der Waals surface area contributed by atoms with Crippen molar-refractivity contribution in [1.82, 2.24) is 20.4 Å². The van der Waals surface area contributed by atoms with Crippen molar-refractivity contribution in [2.75, 3.05) is 31.7 Å². The van der Waals surface area contributed by atoms with Gasteiger partial charge in [-0.05, 0) is 61.7 Å². The van der Waals surface area contributed by atoms with E-state index in [4.69, 9.17) is 4.74 Å². The summed E-state index contributed by atoms with van der Waals surface area (Å²) in [6.07, 6.45) is 6.65. The lowest BCUT2D eigenvalue weighted by molar-refractivity contribution is -0.121. The fourth-order valence-corrected chi connectivity index (χ4v) is 6.05. The normalized spacial score (nSPS) is 21.6. The number of carbonyl (C=O) groups is 1. The van der Waals surface area contributed by atoms with Gasteiger partial charge in [0.15, 0.2) is 0 Å². The second kappa shape index (κ2) is 11.1. The Morgan fingerprint density at radius 2 is 2.15 bits per heavy atom. The largest absolute Gasteiger partial charge is 0.371 e. The number of nitrogens with zero attached hydrogens (tertiary/aromatic N) is 2. The van der Waals surface area contributed by atoms with Gasteiger partial charge in [0.1, 0.15) is 0 Å². The molecule has 0 saturated carbocycles. The van der Waals surface area contributed by atoms with E-state index in [1.807, 2.05) is 6.26 Å². The van der Waals surface area contributed by atoms with Gasteiger partial charge < -0.3 is 10.1 Å². The molecule has 0 bridgehead atoms. The van der Waals surface area contributed by atoms with E-state index in [2.05, 4.69) is 71.2 Å². The van der Waals surface area contributed by atoms with Crippen molar-refractivity contribution in [3.05, 3.63) is 65.5 Å². The quantitative estimate of drug-likeness (QED) is 0.496. The van der Waals surface area contributed by atoms with E-state index < -0.39 is 0 Å². The van der Waals surface area contributed by atoms with Crippen molar-refractivity contribution in [3.8, 4) is 0 Å². The Morgan fingerprint density at radius 3 is 2.85 bits per heavy atom. The first kappa shape index (κ1) is 25.0. The van der Waals surface area contributed by atoms with E-state index in [-0.39, 0.29) is 23.5 Å². The van der Waals surface area contributed by atoms with E-state index in [0.29, 0.717) is 18.3 Å². The van der Waals surface area contributed by atoms with E-state index >= 15 is 0 Å². The number of aromatic amines is 1. The van der Waals surface area contributed by atoms with Crippen LogP contribution in [0.5, 0.6) is 0 Å². The Balaban J connectivity index is 1.52. The van der Waals surface area contributed by atoms with Crippen LogP contribution in [0.1, 0.15) is 55.2 Å². The summed E-state index contributed by atoms with van der Waals surface area (Å²) in [6, 6.07) is 10.7. The molecule has 1 amide bonds. The summed E-state index contributed by atoms with van der Waals surface area (Å²) >= 11 is 1.54. The summed E-state index contributed by atoms with van der Waals surface area (Å²) in [5, 5.41) is 11.0. The molecule has 1 spiro atoms. The first-order valence-electron chi connectivity index (χ1n) is 12.3. The first-order valence-corrected chi connectivity index (χ1v) is 13.7. The third-order valence-electron chi connectivity index (χ3n) is 7.11. The van der Waals surface area contributed by atoms with Gasteiger partial charge in [-0.1, -0.05) is 44.2 Å². The number of fused-ring (bicyclic) bond motifs is 2. The van der Waals surface area contributed by atoms with Gasteiger partial charge in [-0.2, -0.15) is 16.9 Å². The molecule has 1 fully saturated rings. The lowest BCUT2D eigenvalue weighted by Crippen LogP contribution is -2.51. The van der Waals surface area contributed by atoms with Gasteiger partial charge in [-0.15, -0.1) is 6.58 Å². The molecule has 1 aliphatic carbocycles. The molecule has 2 aliphatic rings. The molecule has 1 aromatic carbocycles. The molecule has 2 atom stereocenters. The molecule has 2 aromatic rings. The van der Waals surface area contributed by atoms with Crippen LogP contribution in [0.2, 0.25) is 0 Å². The summed E-state index contributed by atoms with van der Waals surface area (Å²) in [5.74, 6) is 1.12. The topological polar surface area (TPSA) is 70.2 Å². The highest BCUT2D eigenvalue weighted by molar-refractivity contribution is 7.99. The maximum Gasteiger partial charge on any atom is 0.230 e. The van der Waals surface area contributed by atoms with Gasteiger partial charge in [0.2, 0.25) is 5.91 Å². The Labute approximate surface area is 207 Å². The Morgan fingerprint density at radius 1 is 1.38 bits per heavy atom. The lowest BCUT2D eigenvalue weighted by Gasteiger charge is -2.44. The van der Waals surface area contributed by atoms with Crippen LogP contribution in [-0.4, -0.2) is 58.8 Å². The van der Waals surface area contributed by atoms with Crippen molar-refractivity contribution < 1.29 is 9.53 Å². The number of ether oxygens (including phenoxy) is 1. The summed E-state index contributed by atoms with van der Waals surface area (Å²) in [7, 11) is 0. The van der Waals surface area contributed by atoms with E-state index in [1.165, 1.54) is 16.8 Å². The first-order chi connectivity index (χ1) is 16.5. The molecule has 1 saturated heterocycles. The Bertz CT molecular complexity index is 981. The average Bonchev–Trinajstić information content (AvgIpc) is 3.34. The molecule has 2 heterocycles. The van der Waals surface area contributed by atoms with Crippen molar-refractivity contribution in [2.45, 2.75) is 57.2 Å². The van der Waals surface area contributed by atoms with Gasteiger partial charge in [0, 0.05) is 17.7 Å². The highest BCUT2D eigenvalue weighted by Gasteiger charge is 2.54. The molecule has 2 N–H and O–H groups in total.